The molecule has 0 unspecified atom stereocenters. The topological polar surface area (TPSA) is 166 Å². The third-order valence-corrected chi connectivity index (χ3v) is 7.45. The fraction of sp³-hybridized carbons (Fsp3) is 0.333. The molecule has 12 nitrogen and oxygen atoms in total. The molecule has 1 N–H and O–H groups in total. The van der Waals surface area contributed by atoms with Crippen molar-refractivity contribution in [3.63, 3.8) is 0 Å². The van der Waals surface area contributed by atoms with E-state index in [1.165, 1.54) is 12.1 Å². The molecule has 0 saturated carbocycles. The van der Waals surface area contributed by atoms with Crippen molar-refractivity contribution in [3.05, 3.63) is 53.6 Å². The van der Waals surface area contributed by atoms with Crippen LogP contribution < -0.4 is 0 Å². The summed E-state index contributed by atoms with van der Waals surface area (Å²) in [5, 5.41) is 10.4. The van der Waals surface area contributed by atoms with Gasteiger partial charge in [0.05, 0.1) is 29.2 Å². The van der Waals surface area contributed by atoms with Crippen molar-refractivity contribution in [2.45, 2.75) is 43.4 Å². The van der Waals surface area contributed by atoms with Crippen molar-refractivity contribution in [2.75, 3.05) is 13.2 Å². The summed E-state index contributed by atoms with van der Waals surface area (Å²) in [5.41, 5.74) is 1.79. The van der Waals surface area contributed by atoms with E-state index >= 15 is 0 Å². The highest BCUT2D eigenvalue weighted by atomic mass is 32.2. The smallest absolute Gasteiger partial charge is 0.338 e. The predicted molar refractivity (Wildman–Crippen MR) is 128 cm³/mol. The second-order valence-corrected chi connectivity index (χ2v) is 10.1. The second kappa shape index (κ2) is 11.3. The zero-order valence-electron chi connectivity index (χ0n) is 19.7. The number of esters is 2. The van der Waals surface area contributed by atoms with Gasteiger partial charge in [-0.1, -0.05) is 0 Å². The van der Waals surface area contributed by atoms with Crippen molar-refractivity contribution in [3.8, 4) is 0 Å². The summed E-state index contributed by atoms with van der Waals surface area (Å²) >= 11 is 0. The van der Waals surface area contributed by atoms with E-state index in [1.54, 1.807) is 18.2 Å². The highest BCUT2D eigenvalue weighted by Gasteiger charge is 2.39. The molecular weight excluding hydrogens is 504 g/mol. The first-order chi connectivity index (χ1) is 17.8. The number of unbranched alkanes of at least 4 members (excludes halogenated alkanes) is 3. The van der Waals surface area contributed by atoms with E-state index in [1.807, 2.05) is 0 Å². The molecule has 1 aliphatic rings. The van der Waals surface area contributed by atoms with E-state index in [9.17, 15) is 27.6 Å². The number of benzene rings is 2. The molecule has 1 aliphatic heterocycles. The highest BCUT2D eigenvalue weighted by molar-refractivity contribution is 7.90. The van der Waals surface area contributed by atoms with E-state index in [0.29, 0.717) is 29.4 Å². The van der Waals surface area contributed by atoms with Gasteiger partial charge in [0.1, 0.15) is 11.0 Å². The van der Waals surface area contributed by atoms with Gasteiger partial charge in [-0.3, -0.25) is 9.59 Å². The molecule has 0 bridgehead atoms. The number of amides is 2. The lowest BCUT2D eigenvalue weighted by molar-refractivity contribution is -0.132. The largest absolute Gasteiger partial charge is 0.462 e. The number of carbonyl (C=O) groups is 4. The summed E-state index contributed by atoms with van der Waals surface area (Å²) in [6.45, 7) is 0.437. The Labute approximate surface area is 212 Å². The molecule has 13 heteroatoms. The minimum absolute atomic E-state index is 0.144. The van der Waals surface area contributed by atoms with Gasteiger partial charge < -0.3 is 9.47 Å². The van der Waals surface area contributed by atoms with Crippen molar-refractivity contribution >= 4 is 44.8 Å². The van der Waals surface area contributed by atoms with Crippen LogP contribution in [0.3, 0.4) is 0 Å². The van der Waals surface area contributed by atoms with Gasteiger partial charge in [-0.05, 0) is 68.1 Å². The van der Waals surface area contributed by atoms with E-state index in [2.05, 4.69) is 15.4 Å². The fourth-order valence-corrected chi connectivity index (χ4v) is 5.12. The molecule has 2 heterocycles. The summed E-state index contributed by atoms with van der Waals surface area (Å²) < 4.78 is 35.8. The molecule has 4 rings (SSSR count). The van der Waals surface area contributed by atoms with E-state index in [-0.39, 0.29) is 40.8 Å². The summed E-state index contributed by atoms with van der Waals surface area (Å²) in [6, 6.07) is 9.79. The normalized spacial score (nSPS) is 13.8. The average molecular weight is 529 g/mol. The van der Waals surface area contributed by atoms with Crippen LogP contribution in [0.2, 0.25) is 0 Å². The highest BCUT2D eigenvalue weighted by Crippen LogP contribution is 2.23. The van der Waals surface area contributed by atoms with Gasteiger partial charge in [0.15, 0.2) is 0 Å². The van der Waals surface area contributed by atoms with E-state index in [4.69, 9.17) is 9.47 Å². The maximum Gasteiger partial charge on any atom is 0.338 e. The molecule has 0 spiro atoms. The number of hydrogen-bond acceptors (Lipinski definition) is 10. The number of imide groups is 1. The summed E-state index contributed by atoms with van der Waals surface area (Å²) in [7, 11) is -4.30. The number of rotatable bonds is 11. The molecule has 2 aromatic carbocycles. The Morgan fingerprint density at radius 2 is 1.32 bits per heavy atom. The van der Waals surface area contributed by atoms with E-state index < -0.39 is 33.8 Å². The van der Waals surface area contributed by atoms with Gasteiger partial charge in [0, 0.05) is 12.8 Å². The van der Waals surface area contributed by atoms with Crippen LogP contribution in [0.5, 0.6) is 0 Å². The zero-order chi connectivity index (χ0) is 26.4. The quantitative estimate of drug-likeness (QED) is 0.222. The maximum atomic E-state index is 12.5. The molecular formula is C24H24N4O8S. The Balaban J connectivity index is 1.13. The Morgan fingerprint density at radius 3 is 1.95 bits per heavy atom. The first-order valence-electron chi connectivity index (χ1n) is 11.6. The third-order valence-electron chi connectivity index (χ3n) is 5.69. The Morgan fingerprint density at radius 1 is 0.784 bits per heavy atom. The number of H-pyrrole nitrogens is 1. The van der Waals surface area contributed by atoms with Crippen LogP contribution in [-0.4, -0.2) is 65.1 Å². The number of ether oxygens (including phenoxy) is 2. The van der Waals surface area contributed by atoms with Crippen LogP contribution in [0.1, 0.15) is 59.2 Å². The average Bonchev–Trinajstić information content (AvgIpc) is 3.50. The molecule has 1 fully saturated rings. The molecule has 1 saturated heterocycles. The molecule has 0 atom stereocenters. The molecule has 0 radical (unpaired) electrons. The van der Waals surface area contributed by atoms with Crippen LogP contribution in [0, 0.1) is 0 Å². The summed E-state index contributed by atoms with van der Waals surface area (Å²) in [4.78, 5) is 47.6. The summed E-state index contributed by atoms with van der Waals surface area (Å²) in [5.74, 6) is -2.58. The molecule has 3 aromatic rings. The van der Waals surface area contributed by atoms with Crippen molar-refractivity contribution < 1.29 is 37.1 Å². The minimum Gasteiger partial charge on any atom is -0.462 e. The Kier molecular flexibility index (Phi) is 7.92. The number of aromatic amines is 1. The van der Waals surface area contributed by atoms with Gasteiger partial charge in [-0.2, -0.15) is 19.7 Å². The number of carbonyl (C=O) groups excluding carboxylic acids is 4. The lowest BCUT2D eigenvalue weighted by Crippen LogP contribution is -2.35. The Bertz CT molecular complexity index is 1420. The van der Waals surface area contributed by atoms with Crippen molar-refractivity contribution in [1.29, 1.82) is 0 Å². The number of nitrogens with one attached hydrogen (secondary N) is 1. The lowest BCUT2D eigenvalue weighted by atomic mass is 10.2. The van der Waals surface area contributed by atoms with Crippen LogP contribution >= 0.6 is 0 Å². The van der Waals surface area contributed by atoms with Crippen LogP contribution in [0.15, 0.2) is 47.4 Å². The molecule has 37 heavy (non-hydrogen) atoms. The van der Waals surface area contributed by atoms with Gasteiger partial charge >= 0.3 is 11.9 Å². The number of nitrogens with zero attached hydrogens (tertiary/aromatic N) is 3. The van der Waals surface area contributed by atoms with Gasteiger partial charge in [-0.25, -0.2) is 18.0 Å². The standard InChI is InChI=1S/C24H24N4O8S/c29-21-11-12-22(30)28(21)37(33,34)18-8-5-16(6-9-18)23(31)35-13-3-1-2-4-14-36-24(32)17-7-10-19-20(15-17)26-27-25-19/h5-10,15H,1-4,11-14H2,(H,25,26,27). The zero-order valence-corrected chi connectivity index (χ0v) is 20.5. The predicted octanol–water partition coefficient (Wildman–Crippen LogP) is 2.37. The molecule has 0 aliphatic carbocycles. The first-order valence-corrected chi connectivity index (χ1v) is 13.1. The van der Waals surface area contributed by atoms with Crippen LogP contribution in [-0.2, 0) is 29.1 Å². The number of aromatic nitrogens is 3. The lowest BCUT2D eigenvalue weighted by Gasteiger charge is -2.14. The summed E-state index contributed by atoms with van der Waals surface area (Å²) in [6.07, 6.45) is 2.50. The van der Waals surface area contributed by atoms with Gasteiger partial charge in [-0.15, -0.1) is 0 Å². The maximum absolute atomic E-state index is 12.5. The van der Waals surface area contributed by atoms with E-state index in [0.717, 1.165) is 25.0 Å². The molecule has 1 aromatic heterocycles. The number of hydrogen-bond donors (Lipinski definition) is 1. The third kappa shape index (κ3) is 6.00. The Hall–Kier alpha value is -4.13. The minimum atomic E-state index is -4.30. The molecule has 194 valence electrons. The van der Waals surface area contributed by atoms with Gasteiger partial charge in [0.2, 0.25) is 11.8 Å². The number of sulfonamides is 1. The molecule has 2 amide bonds. The van der Waals surface area contributed by atoms with Crippen LogP contribution in [0.4, 0.5) is 0 Å². The number of fused-ring (bicyclic) bond motifs is 1. The van der Waals surface area contributed by atoms with Crippen molar-refractivity contribution in [2.24, 2.45) is 0 Å². The fourth-order valence-electron chi connectivity index (χ4n) is 3.71. The van der Waals surface area contributed by atoms with Crippen LogP contribution in [0.25, 0.3) is 11.0 Å². The monoisotopic (exact) mass is 528 g/mol. The second-order valence-electron chi connectivity index (χ2n) is 8.29. The van der Waals surface area contributed by atoms with Gasteiger partial charge in [0.25, 0.3) is 10.0 Å². The van der Waals surface area contributed by atoms with Crippen molar-refractivity contribution in [1.82, 2.24) is 19.7 Å². The SMILES string of the molecule is O=C(OCCCCCCOC(=O)c1ccc2n[nH]nc2c1)c1ccc(S(=O)(=O)N2C(=O)CCC2=O)cc1. The first kappa shape index (κ1) is 25.9.